The number of rotatable bonds is 1. The van der Waals surface area contributed by atoms with Crippen LogP contribution in [0.1, 0.15) is 54.4 Å². The van der Waals surface area contributed by atoms with Crippen molar-refractivity contribution >= 4 is 0 Å². The van der Waals surface area contributed by atoms with Crippen LogP contribution in [0, 0.1) is 0 Å². The topological polar surface area (TPSA) is 0 Å². The average Bonchev–Trinajstić information content (AvgIpc) is 1.89. The molecule has 0 radical (unpaired) electrons. The summed E-state index contributed by atoms with van der Waals surface area (Å²) in [6.07, 6.45) is 6.45. The molecular formula is C12H26. The molecule has 0 spiro atoms. The highest BCUT2D eigenvalue weighted by molar-refractivity contribution is 5.09. The van der Waals surface area contributed by atoms with Crippen LogP contribution in [0.25, 0.3) is 0 Å². The van der Waals surface area contributed by atoms with E-state index in [1.807, 2.05) is 26.0 Å². The maximum Gasteiger partial charge on any atom is -0.0404 e. The van der Waals surface area contributed by atoms with Crippen molar-refractivity contribution in [1.29, 1.82) is 0 Å². The minimum Gasteiger partial charge on any atom is -0.0961 e. The molecule has 0 aromatic carbocycles. The molecule has 0 rings (SSSR count). The van der Waals surface area contributed by atoms with Crippen LogP contribution in [0.2, 0.25) is 0 Å². The fourth-order valence-corrected chi connectivity index (χ4v) is 0.285. The summed E-state index contributed by atoms with van der Waals surface area (Å²) in [5, 5.41) is 0. The first kappa shape index (κ1) is 17.5. The van der Waals surface area contributed by atoms with E-state index in [4.69, 9.17) is 0 Å². The fraction of sp³-hybridized carbons (Fsp3) is 0.667. The predicted molar refractivity (Wildman–Crippen MR) is 61.6 cm³/mol. The van der Waals surface area contributed by atoms with E-state index in [-0.39, 0.29) is 0 Å². The van der Waals surface area contributed by atoms with Gasteiger partial charge in [0.05, 0.1) is 0 Å². The minimum atomic E-state index is 1.11. The molecule has 0 atom stereocenters. The molecule has 0 saturated carbocycles. The van der Waals surface area contributed by atoms with Crippen LogP contribution in [0.3, 0.4) is 0 Å². The molecule has 0 heteroatoms. The molecule has 74 valence electrons. The van der Waals surface area contributed by atoms with Gasteiger partial charge in [-0.1, -0.05) is 64.8 Å². The molecular weight excluding hydrogens is 144 g/mol. The van der Waals surface area contributed by atoms with Gasteiger partial charge in [0.1, 0.15) is 0 Å². The molecule has 12 heavy (non-hydrogen) atoms. The van der Waals surface area contributed by atoms with Gasteiger partial charge in [-0.25, -0.2) is 0 Å². The highest BCUT2D eigenvalue weighted by Gasteiger charge is 1.63. The Bertz CT molecular complexity index is 86.2. The number of allylic oxidation sites excluding steroid dienone is 3. The smallest absolute Gasteiger partial charge is 0.0404 e. The summed E-state index contributed by atoms with van der Waals surface area (Å²) in [6.45, 7) is 16.1. The third kappa shape index (κ3) is 111. The average molecular weight is 170 g/mol. The summed E-state index contributed by atoms with van der Waals surface area (Å²) in [5.41, 5.74) is 1.11. The largest absolute Gasteiger partial charge is 0.0961 e. The molecule has 0 nitrogen and oxygen atoms in total. The maximum atomic E-state index is 3.66. The monoisotopic (exact) mass is 170 g/mol. The molecule has 0 amide bonds. The van der Waals surface area contributed by atoms with E-state index in [1.54, 1.807) is 0 Å². The van der Waals surface area contributed by atoms with Crippen molar-refractivity contribution in [3.05, 3.63) is 24.3 Å². The van der Waals surface area contributed by atoms with E-state index in [2.05, 4.69) is 34.3 Å². The lowest BCUT2D eigenvalue weighted by Gasteiger charge is -1.75. The third-order valence-electron chi connectivity index (χ3n) is 0.451. The second-order valence-electron chi connectivity index (χ2n) is 2.76. The van der Waals surface area contributed by atoms with E-state index in [0.717, 1.165) is 5.57 Å². The molecule has 0 unspecified atom stereocenters. The van der Waals surface area contributed by atoms with Gasteiger partial charge in [0.15, 0.2) is 0 Å². The Labute approximate surface area is 79.4 Å². The highest BCUT2D eigenvalue weighted by atomic mass is 13.7. The molecule has 0 aromatic rings. The molecule has 0 bridgehead atoms. The van der Waals surface area contributed by atoms with Crippen LogP contribution >= 0.6 is 0 Å². The second kappa shape index (κ2) is 22.4. The summed E-state index contributed by atoms with van der Waals surface area (Å²) in [4.78, 5) is 0. The fourth-order valence-electron chi connectivity index (χ4n) is 0.285. The third-order valence-corrected chi connectivity index (χ3v) is 0.451. The molecule has 0 aromatic heterocycles. The quantitative estimate of drug-likeness (QED) is 0.487. The van der Waals surface area contributed by atoms with Crippen molar-refractivity contribution in [3.63, 3.8) is 0 Å². The Morgan fingerprint density at radius 3 is 1.33 bits per heavy atom. The van der Waals surface area contributed by atoms with Crippen molar-refractivity contribution in [2.45, 2.75) is 54.4 Å². The van der Waals surface area contributed by atoms with Gasteiger partial charge in [-0.3, -0.25) is 0 Å². The van der Waals surface area contributed by atoms with E-state index in [9.17, 15) is 0 Å². The van der Waals surface area contributed by atoms with Crippen LogP contribution in [-0.4, -0.2) is 0 Å². The summed E-state index contributed by atoms with van der Waals surface area (Å²) < 4.78 is 0. The lowest BCUT2D eigenvalue weighted by atomic mass is 10.3. The molecule has 0 aliphatic rings. The van der Waals surface area contributed by atoms with E-state index >= 15 is 0 Å². The molecule has 0 saturated heterocycles. The minimum absolute atomic E-state index is 1.11. The normalized spacial score (nSPS) is 7.83. The van der Waals surface area contributed by atoms with Crippen molar-refractivity contribution in [3.8, 4) is 0 Å². The SMILES string of the molecule is C=C(C)/C=C\C.CCC.CCC. The van der Waals surface area contributed by atoms with Gasteiger partial charge < -0.3 is 0 Å². The highest BCUT2D eigenvalue weighted by Crippen LogP contribution is 1.85. The Morgan fingerprint density at radius 1 is 1.08 bits per heavy atom. The second-order valence-corrected chi connectivity index (χ2v) is 2.76. The molecule has 0 N–H and O–H groups in total. The zero-order chi connectivity index (χ0) is 10.4. The lowest BCUT2D eigenvalue weighted by Crippen LogP contribution is -1.54. The Balaban J connectivity index is -0.000000115. The van der Waals surface area contributed by atoms with E-state index in [0.29, 0.717) is 0 Å². The van der Waals surface area contributed by atoms with Crippen LogP contribution in [0.5, 0.6) is 0 Å². The first-order valence-corrected chi connectivity index (χ1v) is 4.88. The van der Waals surface area contributed by atoms with E-state index < -0.39 is 0 Å². The van der Waals surface area contributed by atoms with Gasteiger partial charge in [0.2, 0.25) is 0 Å². The van der Waals surface area contributed by atoms with Gasteiger partial charge in [-0.05, 0) is 13.8 Å². The summed E-state index contributed by atoms with van der Waals surface area (Å²) >= 11 is 0. The summed E-state index contributed by atoms with van der Waals surface area (Å²) in [6, 6.07) is 0. The molecule has 0 fully saturated rings. The maximum absolute atomic E-state index is 3.66. The van der Waals surface area contributed by atoms with Crippen molar-refractivity contribution in [1.82, 2.24) is 0 Å². The van der Waals surface area contributed by atoms with E-state index in [1.165, 1.54) is 12.8 Å². The summed E-state index contributed by atoms with van der Waals surface area (Å²) in [5.74, 6) is 0. The number of hydrogen-bond donors (Lipinski definition) is 0. The van der Waals surface area contributed by atoms with Gasteiger partial charge in [-0.15, -0.1) is 0 Å². The molecule has 0 heterocycles. The lowest BCUT2D eigenvalue weighted by molar-refractivity contribution is 1.09. The van der Waals surface area contributed by atoms with Gasteiger partial charge in [-0.2, -0.15) is 0 Å². The Morgan fingerprint density at radius 2 is 1.33 bits per heavy atom. The predicted octanol–water partition coefficient (Wildman–Crippen LogP) is 4.97. The summed E-state index contributed by atoms with van der Waals surface area (Å²) in [7, 11) is 0. The first-order chi connectivity index (χ1) is 5.60. The standard InChI is InChI=1S/C6H10.2C3H8/c1-4-5-6(2)3;2*1-3-2/h4-5H,2H2,1,3H3;2*3H2,1-2H3/b5-4-;;. The Hall–Kier alpha value is -0.520. The zero-order valence-corrected chi connectivity index (χ0v) is 9.78. The van der Waals surface area contributed by atoms with Crippen LogP contribution in [-0.2, 0) is 0 Å². The molecule has 0 aliphatic carbocycles. The number of hydrogen-bond acceptors (Lipinski definition) is 0. The van der Waals surface area contributed by atoms with Crippen LogP contribution in [0.4, 0.5) is 0 Å². The van der Waals surface area contributed by atoms with Crippen molar-refractivity contribution < 1.29 is 0 Å². The Kier molecular flexibility index (Phi) is 32.8. The molecule has 0 aliphatic heterocycles. The van der Waals surface area contributed by atoms with Crippen molar-refractivity contribution in [2.75, 3.05) is 0 Å². The van der Waals surface area contributed by atoms with Gasteiger partial charge in [0, 0.05) is 0 Å². The van der Waals surface area contributed by atoms with Gasteiger partial charge >= 0.3 is 0 Å². The first-order valence-electron chi connectivity index (χ1n) is 4.88. The zero-order valence-electron chi connectivity index (χ0n) is 9.78. The van der Waals surface area contributed by atoms with Crippen LogP contribution in [0.15, 0.2) is 24.3 Å². The van der Waals surface area contributed by atoms with Crippen LogP contribution < -0.4 is 0 Å². The van der Waals surface area contributed by atoms with Gasteiger partial charge in [0.25, 0.3) is 0 Å². The van der Waals surface area contributed by atoms with Crippen molar-refractivity contribution in [2.24, 2.45) is 0 Å².